The van der Waals surface area contributed by atoms with Gasteiger partial charge in [0, 0.05) is 30.6 Å². The molecule has 2 aliphatic rings. The second-order valence-corrected chi connectivity index (χ2v) is 9.27. The first kappa shape index (κ1) is 21.5. The van der Waals surface area contributed by atoms with Crippen LogP contribution in [0.15, 0.2) is 30.7 Å². The summed E-state index contributed by atoms with van der Waals surface area (Å²) < 4.78 is 20.2. The molecule has 1 amide bonds. The maximum Gasteiger partial charge on any atom is 0.258 e. The topological polar surface area (TPSA) is 78.8 Å². The average Bonchev–Trinajstić information content (AvgIpc) is 2.65. The van der Waals surface area contributed by atoms with Gasteiger partial charge in [-0.05, 0) is 58.7 Å². The summed E-state index contributed by atoms with van der Waals surface area (Å²) in [7, 11) is 0. The zero-order valence-electron chi connectivity index (χ0n) is 18.4. The summed E-state index contributed by atoms with van der Waals surface area (Å²) in [5.41, 5.74) is 0.326. The van der Waals surface area contributed by atoms with Crippen molar-refractivity contribution in [3.8, 4) is 11.5 Å². The van der Waals surface area contributed by atoms with Crippen LogP contribution in [0.2, 0.25) is 0 Å². The van der Waals surface area contributed by atoms with Gasteiger partial charge in [-0.3, -0.25) is 4.79 Å². The minimum absolute atomic E-state index is 0.0469. The molecular weight excluding hydrogens is 399 g/mol. The Kier molecular flexibility index (Phi) is 5.60. The SMILES string of the molecule is CC(C)N(C(=O)c1cc(F)ccc1Oc1cncnc1N1CC2(CC(O)C2)C1)C(C)C. The molecule has 0 unspecified atom stereocenters. The number of benzene rings is 1. The van der Waals surface area contributed by atoms with E-state index in [4.69, 9.17) is 4.74 Å². The number of halogens is 1. The number of hydrogen-bond acceptors (Lipinski definition) is 6. The monoisotopic (exact) mass is 428 g/mol. The highest BCUT2D eigenvalue weighted by atomic mass is 19.1. The van der Waals surface area contributed by atoms with E-state index in [0.717, 1.165) is 25.9 Å². The number of aliphatic hydroxyl groups is 1. The lowest BCUT2D eigenvalue weighted by molar-refractivity contribution is -0.0495. The third-order valence-electron chi connectivity index (χ3n) is 6.09. The summed E-state index contributed by atoms with van der Waals surface area (Å²) >= 11 is 0. The van der Waals surface area contributed by atoms with Gasteiger partial charge in [0.05, 0.1) is 17.9 Å². The molecule has 1 aromatic carbocycles. The molecule has 1 N–H and O–H groups in total. The van der Waals surface area contributed by atoms with Crippen LogP contribution >= 0.6 is 0 Å². The van der Waals surface area contributed by atoms with Gasteiger partial charge in [0.1, 0.15) is 17.9 Å². The van der Waals surface area contributed by atoms with Crippen LogP contribution in [-0.4, -0.2) is 57.2 Å². The molecule has 0 bridgehead atoms. The number of carbonyl (C=O) groups excluding carboxylic acids is 1. The number of ether oxygens (including phenoxy) is 1. The predicted octanol–water partition coefficient (Wildman–Crippen LogP) is 3.63. The smallest absolute Gasteiger partial charge is 0.258 e. The van der Waals surface area contributed by atoms with Gasteiger partial charge in [-0.2, -0.15) is 0 Å². The molecule has 0 radical (unpaired) electrons. The molecule has 7 nitrogen and oxygen atoms in total. The van der Waals surface area contributed by atoms with Crippen molar-refractivity contribution in [3.05, 3.63) is 42.1 Å². The van der Waals surface area contributed by atoms with E-state index in [9.17, 15) is 14.3 Å². The first-order chi connectivity index (χ1) is 14.7. The van der Waals surface area contributed by atoms with E-state index >= 15 is 0 Å². The number of rotatable bonds is 6. The third kappa shape index (κ3) is 4.08. The van der Waals surface area contributed by atoms with E-state index in [-0.39, 0.29) is 40.8 Å². The number of amides is 1. The predicted molar refractivity (Wildman–Crippen MR) is 115 cm³/mol. The molecule has 8 heteroatoms. The lowest BCUT2D eigenvalue weighted by Crippen LogP contribution is -2.64. The Morgan fingerprint density at radius 2 is 1.90 bits per heavy atom. The van der Waals surface area contributed by atoms with Crippen molar-refractivity contribution in [1.29, 1.82) is 0 Å². The summed E-state index contributed by atoms with van der Waals surface area (Å²) in [6, 6.07) is 3.87. The number of aliphatic hydroxyl groups excluding tert-OH is 1. The van der Waals surface area contributed by atoms with E-state index in [1.165, 1.54) is 24.5 Å². The molecule has 4 rings (SSSR count). The van der Waals surface area contributed by atoms with Gasteiger partial charge in [0.15, 0.2) is 11.6 Å². The van der Waals surface area contributed by atoms with E-state index in [0.29, 0.717) is 11.6 Å². The molecule has 1 aliphatic carbocycles. The molecule has 31 heavy (non-hydrogen) atoms. The maximum atomic E-state index is 14.1. The van der Waals surface area contributed by atoms with Gasteiger partial charge >= 0.3 is 0 Å². The Bertz CT molecular complexity index is 959. The van der Waals surface area contributed by atoms with E-state index in [2.05, 4.69) is 14.9 Å². The molecule has 1 aliphatic heterocycles. The van der Waals surface area contributed by atoms with Crippen molar-refractivity contribution in [3.63, 3.8) is 0 Å². The minimum atomic E-state index is -0.499. The van der Waals surface area contributed by atoms with Crippen LogP contribution in [0.25, 0.3) is 0 Å². The Morgan fingerprint density at radius 1 is 1.23 bits per heavy atom. The molecule has 1 saturated carbocycles. The third-order valence-corrected chi connectivity index (χ3v) is 6.09. The Morgan fingerprint density at radius 3 is 2.52 bits per heavy atom. The van der Waals surface area contributed by atoms with Crippen molar-refractivity contribution in [1.82, 2.24) is 14.9 Å². The van der Waals surface area contributed by atoms with Crippen molar-refractivity contribution in [2.75, 3.05) is 18.0 Å². The van der Waals surface area contributed by atoms with Gasteiger partial charge < -0.3 is 19.6 Å². The van der Waals surface area contributed by atoms with Crippen molar-refractivity contribution in [2.45, 2.75) is 58.7 Å². The fraction of sp³-hybridized carbons (Fsp3) is 0.522. The van der Waals surface area contributed by atoms with Crippen LogP contribution in [0.4, 0.5) is 10.2 Å². The molecule has 1 spiro atoms. The summed E-state index contributed by atoms with van der Waals surface area (Å²) in [5, 5.41) is 9.65. The molecule has 2 fully saturated rings. The Labute approximate surface area is 181 Å². The number of nitrogens with zero attached hydrogens (tertiary/aromatic N) is 4. The second-order valence-electron chi connectivity index (χ2n) is 9.27. The highest BCUT2D eigenvalue weighted by molar-refractivity contribution is 5.97. The number of aromatic nitrogens is 2. The molecule has 1 aromatic heterocycles. The van der Waals surface area contributed by atoms with Gasteiger partial charge in [0.2, 0.25) is 0 Å². The van der Waals surface area contributed by atoms with Crippen LogP contribution in [0.1, 0.15) is 50.9 Å². The summed E-state index contributed by atoms with van der Waals surface area (Å²) in [4.78, 5) is 25.5. The van der Waals surface area contributed by atoms with Crippen LogP contribution in [0.5, 0.6) is 11.5 Å². The fourth-order valence-corrected chi connectivity index (χ4v) is 4.81. The molecule has 0 atom stereocenters. The molecule has 1 saturated heterocycles. The number of hydrogen-bond donors (Lipinski definition) is 1. The minimum Gasteiger partial charge on any atom is -0.451 e. The van der Waals surface area contributed by atoms with Crippen molar-refractivity contribution < 1.29 is 19.0 Å². The Balaban J connectivity index is 1.60. The first-order valence-electron chi connectivity index (χ1n) is 10.7. The summed E-state index contributed by atoms with van der Waals surface area (Å²) in [6.07, 6.45) is 4.42. The first-order valence-corrected chi connectivity index (χ1v) is 10.7. The second kappa shape index (κ2) is 8.07. The van der Waals surface area contributed by atoms with Gasteiger partial charge in [-0.15, -0.1) is 0 Å². The molecular formula is C23H29FN4O3. The highest BCUT2D eigenvalue weighted by Crippen LogP contribution is 2.50. The van der Waals surface area contributed by atoms with Crippen LogP contribution in [-0.2, 0) is 0 Å². The maximum absolute atomic E-state index is 14.1. The molecule has 2 aromatic rings. The summed E-state index contributed by atoms with van der Waals surface area (Å²) in [6.45, 7) is 9.30. The van der Waals surface area contributed by atoms with Gasteiger partial charge in [-0.1, -0.05) is 0 Å². The lowest BCUT2D eigenvalue weighted by Gasteiger charge is -2.58. The normalized spacial score (nSPS) is 17.6. The van der Waals surface area contributed by atoms with E-state index < -0.39 is 5.82 Å². The van der Waals surface area contributed by atoms with Gasteiger partial charge in [0.25, 0.3) is 5.91 Å². The quantitative estimate of drug-likeness (QED) is 0.757. The zero-order valence-corrected chi connectivity index (χ0v) is 18.4. The molecule has 166 valence electrons. The fourth-order valence-electron chi connectivity index (χ4n) is 4.81. The highest BCUT2D eigenvalue weighted by Gasteiger charge is 2.52. The van der Waals surface area contributed by atoms with Crippen LogP contribution in [0, 0.1) is 11.2 Å². The van der Waals surface area contributed by atoms with E-state index in [1.807, 2.05) is 27.7 Å². The lowest BCUT2D eigenvalue weighted by atomic mass is 9.62. The number of anilines is 1. The van der Waals surface area contributed by atoms with Crippen LogP contribution in [0.3, 0.4) is 0 Å². The zero-order chi connectivity index (χ0) is 22.3. The van der Waals surface area contributed by atoms with Crippen molar-refractivity contribution >= 4 is 11.7 Å². The molecule has 2 heterocycles. The largest absolute Gasteiger partial charge is 0.451 e. The Hall–Kier alpha value is -2.74. The van der Waals surface area contributed by atoms with Crippen molar-refractivity contribution in [2.24, 2.45) is 5.41 Å². The van der Waals surface area contributed by atoms with Crippen LogP contribution < -0.4 is 9.64 Å². The standard InChI is InChI=1S/C23H29FN4O3/c1-14(2)28(15(3)4)22(30)18-7-16(24)5-6-19(18)31-20-10-25-13-26-21(20)27-11-23(12-27)8-17(29)9-23/h5-7,10,13-15,17,29H,8-9,11-12H2,1-4H3. The van der Waals surface area contributed by atoms with E-state index in [1.54, 1.807) is 11.1 Å². The van der Waals surface area contributed by atoms with Gasteiger partial charge in [-0.25, -0.2) is 14.4 Å². The number of carbonyl (C=O) groups is 1. The summed E-state index contributed by atoms with van der Waals surface area (Å²) in [5.74, 6) is 0.529. The average molecular weight is 429 g/mol.